The highest BCUT2D eigenvalue weighted by molar-refractivity contribution is 6.09. The Morgan fingerprint density at radius 3 is 2.41 bits per heavy atom. The standard InChI is InChI=1S/C23H23FN4O/c1-16(2)18-7-11-21(12-8-18)27-23(26-15-17-4-3-13-25-14-17)28-22(29)19-5-9-20(24)10-6-19/h3-14,16H,15H2,1-2H3,(H2,26,27,28,29). The number of benzene rings is 2. The Bertz CT molecular complexity index is 968. The number of hydrogen-bond donors (Lipinski definition) is 2. The highest BCUT2D eigenvalue weighted by Gasteiger charge is 2.10. The second-order valence-electron chi connectivity index (χ2n) is 6.89. The molecule has 3 rings (SSSR count). The van der Waals surface area contributed by atoms with Gasteiger partial charge in [-0.2, -0.15) is 0 Å². The molecule has 0 atom stereocenters. The van der Waals surface area contributed by atoms with E-state index in [1.54, 1.807) is 12.4 Å². The topological polar surface area (TPSA) is 66.4 Å². The lowest BCUT2D eigenvalue weighted by Crippen LogP contribution is -2.36. The van der Waals surface area contributed by atoms with Gasteiger partial charge in [0.2, 0.25) is 5.96 Å². The summed E-state index contributed by atoms with van der Waals surface area (Å²) in [4.78, 5) is 21.1. The first-order valence-electron chi connectivity index (χ1n) is 9.38. The molecule has 0 bridgehead atoms. The number of aromatic nitrogens is 1. The maximum absolute atomic E-state index is 13.1. The first-order chi connectivity index (χ1) is 14.0. The summed E-state index contributed by atoms with van der Waals surface area (Å²) in [6, 6.07) is 17.1. The maximum atomic E-state index is 13.1. The van der Waals surface area contributed by atoms with Crippen LogP contribution < -0.4 is 10.6 Å². The molecule has 0 radical (unpaired) electrons. The molecular weight excluding hydrogens is 367 g/mol. The summed E-state index contributed by atoms with van der Waals surface area (Å²) < 4.78 is 13.1. The van der Waals surface area contributed by atoms with Crippen molar-refractivity contribution in [2.45, 2.75) is 26.3 Å². The zero-order valence-electron chi connectivity index (χ0n) is 16.4. The summed E-state index contributed by atoms with van der Waals surface area (Å²) in [7, 11) is 0. The summed E-state index contributed by atoms with van der Waals surface area (Å²) in [5.41, 5.74) is 3.29. The highest BCUT2D eigenvalue weighted by atomic mass is 19.1. The number of rotatable bonds is 5. The number of halogens is 1. The molecule has 0 spiro atoms. The third kappa shape index (κ3) is 5.97. The summed E-state index contributed by atoms with van der Waals surface area (Å²) in [5, 5.41) is 5.92. The summed E-state index contributed by atoms with van der Waals surface area (Å²) in [6.45, 7) is 4.61. The number of aliphatic imine (C=N–C) groups is 1. The molecule has 2 aromatic carbocycles. The number of anilines is 1. The normalized spacial score (nSPS) is 11.4. The fourth-order valence-electron chi connectivity index (χ4n) is 2.64. The molecule has 2 N–H and O–H groups in total. The molecule has 1 heterocycles. The average Bonchev–Trinajstić information content (AvgIpc) is 2.73. The predicted octanol–water partition coefficient (Wildman–Crippen LogP) is 4.74. The zero-order valence-corrected chi connectivity index (χ0v) is 16.4. The van der Waals surface area contributed by atoms with Gasteiger partial charge in [-0.3, -0.25) is 15.1 Å². The van der Waals surface area contributed by atoms with Crippen molar-refractivity contribution in [2.75, 3.05) is 5.32 Å². The van der Waals surface area contributed by atoms with E-state index >= 15 is 0 Å². The Balaban J connectivity index is 1.78. The molecule has 0 aliphatic carbocycles. The van der Waals surface area contributed by atoms with Gasteiger partial charge in [-0.1, -0.05) is 32.0 Å². The Morgan fingerprint density at radius 1 is 1.07 bits per heavy atom. The van der Waals surface area contributed by atoms with Gasteiger partial charge in [0.25, 0.3) is 5.91 Å². The van der Waals surface area contributed by atoms with E-state index in [2.05, 4.69) is 34.5 Å². The van der Waals surface area contributed by atoms with Crippen molar-refractivity contribution < 1.29 is 9.18 Å². The van der Waals surface area contributed by atoms with E-state index in [0.29, 0.717) is 24.0 Å². The molecule has 0 unspecified atom stereocenters. The number of carbonyl (C=O) groups is 1. The van der Waals surface area contributed by atoms with E-state index in [0.717, 1.165) is 11.3 Å². The van der Waals surface area contributed by atoms with Crippen molar-refractivity contribution in [1.82, 2.24) is 10.3 Å². The van der Waals surface area contributed by atoms with Crippen LogP contribution in [0.5, 0.6) is 0 Å². The van der Waals surface area contributed by atoms with Crippen molar-refractivity contribution in [3.63, 3.8) is 0 Å². The minimum absolute atomic E-state index is 0.306. The molecule has 148 valence electrons. The van der Waals surface area contributed by atoms with Crippen LogP contribution in [0.2, 0.25) is 0 Å². The van der Waals surface area contributed by atoms with Gasteiger partial charge in [-0.25, -0.2) is 9.38 Å². The molecule has 0 fully saturated rings. The largest absolute Gasteiger partial charge is 0.326 e. The minimum atomic E-state index is -0.393. The van der Waals surface area contributed by atoms with E-state index in [-0.39, 0.29) is 5.91 Å². The molecule has 0 saturated carbocycles. The van der Waals surface area contributed by atoms with Gasteiger partial charge in [0.05, 0.1) is 6.54 Å². The van der Waals surface area contributed by atoms with Crippen molar-refractivity contribution in [2.24, 2.45) is 4.99 Å². The lowest BCUT2D eigenvalue weighted by molar-refractivity contribution is 0.0977. The number of nitrogens with zero attached hydrogens (tertiary/aromatic N) is 2. The van der Waals surface area contributed by atoms with Crippen molar-refractivity contribution in [1.29, 1.82) is 0 Å². The third-order valence-electron chi connectivity index (χ3n) is 4.32. The van der Waals surface area contributed by atoms with Crippen molar-refractivity contribution in [3.8, 4) is 0 Å². The fourth-order valence-corrected chi connectivity index (χ4v) is 2.64. The van der Waals surface area contributed by atoms with E-state index in [1.807, 2.05) is 36.4 Å². The maximum Gasteiger partial charge on any atom is 0.257 e. The number of amides is 1. The highest BCUT2D eigenvalue weighted by Crippen LogP contribution is 2.17. The summed E-state index contributed by atoms with van der Waals surface area (Å²) in [6.07, 6.45) is 3.42. The van der Waals surface area contributed by atoms with Crippen molar-refractivity contribution in [3.05, 3.63) is 95.6 Å². The summed E-state index contributed by atoms with van der Waals surface area (Å²) in [5.74, 6) is -0.0296. The molecule has 0 aliphatic heterocycles. The number of carbonyl (C=O) groups excluding carboxylic acids is 1. The molecule has 1 amide bonds. The van der Waals surface area contributed by atoms with Gasteiger partial charge in [-0.05, 0) is 59.5 Å². The van der Waals surface area contributed by atoms with Crippen LogP contribution in [0.15, 0.2) is 78.0 Å². The molecule has 0 saturated heterocycles. The molecule has 29 heavy (non-hydrogen) atoms. The van der Waals surface area contributed by atoms with Crippen LogP contribution in [-0.4, -0.2) is 16.9 Å². The lowest BCUT2D eigenvalue weighted by Gasteiger charge is -2.13. The van der Waals surface area contributed by atoms with E-state index in [1.165, 1.54) is 29.8 Å². The zero-order chi connectivity index (χ0) is 20.6. The summed E-state index contributed by atoms with van der Waals surface area (Å²) >= 11 is 0. The fraction of sp³-hybridized carbons (Fsp3) is 0.174. The molecule has 5 nitrogen and oxygen atoms in total. The SMILES string of the molecule is CC(C)c1ccc(NC(=NCc2cccnc2)NC(=O)c2ccc(F)cc2)cc1. The van der Waals surface area contributed by atoms with E-state index in [9.17, 15) is 9.18 Å². The van der Waals surface area contributed by atoms with Crippen LogP contribution >= 0.6 is 0 Å². The molecule has 1 aromatic heterocycles. The quantitative estimate of drug-likeness (QED) is 0.488. The predicted molar refractivity (Wildman–Crippen MR) is 113 cm³/mol. The third-order valence-corrected chi connectivity index (χ3v) is 4.32. The van der Waals surface area contributed by atoms with Crippen LogP contribution in [0.4, 0.5) is 10.1 Å². The van der Waals surface area contributed by atoms with Crippen LogP contribution in [0.25, 0.3) is 0 Å². The van der Waals surface area contributed by atoms with Gasteiger partial charge in [0.1, 0.15) is 5.82 Å². The Labute approximate surface area is 169 Å². The second-order valence-corrected chi connectivity index (χ2v) is 6.89. The van der Waals surface area contributed by atoms with Gasteiger partial charge in [-0.15, -0.1) is 0 Å². The van der Waals surface area contributed by atoms with Crippen LogP contribution in [0.1, 0.15) is 41.3 Å². The van der Waals surface area contributed by atoms with Gasteiger partial charge in [0, 0.05) is 23.6 Å². The molecule has 3 aromatic rings. The molecular formula is C23H23FN4O. The van der Waals surface area contributed by atoms with Crippen LogP contribution in [-0.2, 0) is 6.54 Å². The molecule has 0 aliphatic rings. The number of guanidine groups is 1. The Morgan fingerprint density at radius 2 is 1.79 bits per heavy atom. The lowest BCUT2D eigenvalue weighted by atomic mass is 10.0. The first-order valence-corrected chi connectivity index (χ1v) is 9.38. The number of pyridine rings is 1. The smallest absolute Gasteiger partial charge is 0.257 e. The van der Waals surface area contributed by atoms with E-state index < -0.39 is 5.82 Å². The monoisotopic (exact) mass is 390 g/mol. The number of nitrogens with one attached hydrogen (secondary N) is 2. The Kier molecular flexibility index (Phi) is 6.68. The Hall–Kier alpha value is -3.54. The first kappa shape index (κ1) is 20.2. The van der Waals surface area contributed by atoms with Gasteiger partial charge in [0.15, 0.2) is 0 Å². The minimum Gasteiger partial charge on any atom is -0.326 e. The molecule has 6 heteroatoms. The van der Waals surface area contributed by atoms with Crippen molar-refractivity contribution >= 4 is 17.6 Å². The van der Waals surface area contributed by atoms with Gasteiger partial charge < -0.3 is 5.32 Å². The average molecular weight is 390 g/mol. The van der Waals surface area contributed by atoms with E-state index in [4.69, 9.17) is 0 Å². The van der Waals surface area contributed by atoms with Gasteiger partial charge >= 0.3 is 0 Å². The van der Waals surface area contributed by atoms with Crippen LogP contribution in [0.3, 0.4) is 0 Å². The number of hydrogen-bond acceptors (Lipinski definition) is 3. The van der Waals surface area contributed by atoms with Crippen LogP contribution in [0, 0.1) is 5.82 Å². The second kappa shape index (κ2) is 9.59.